The van der Waals surface area contributed by atoms with Gasteiger partial charge in [-0.05, 0) is 50.3 Å². The first-order chi connectivity index (χ1) is 9.70. The van der Waals surface area contributed by atoms with Gasteiger partial charge in [-0.1, -0.05) is 25.3 Å². The predicted molar refractivity (Wildman–Crippen MR) is 84.3 cm³/mol. The van der Waals surface area contributed by atoms with E-state index in [1.807, 2.05) is 32.0 Å². The summed E-state index contributed by atoms with van der Waals surface area (Å²) in [7, 11) is 0. The SMILES string of the molecule is CCNc1cc(C)ccc1C(=O)NCC1CCCCC1. The van der Waals surface area contributed by atoms with E-state index in [1.54, 1.807) is 0 Å². The van der Waals surface area contributed by atoms with Gasteiger partial charge in [0.2, 0.25) is 0 Å². The molecule has 3 nitrogen and oxygen atoms in total. The highest BCUT2D eigenvalue weighted by atomic mass is 16.1. The van der Waals surface area contributed by atoms with Gasteiger partial charge in [-0.3, -0.25) is 4.79 Å². The molecule has 0 unspecified atom stereocenters. The highest BCUT2D eigenvalue weighted by Gasteiger charge is 2.16. The minimum absolute atomic E-state index is 0.0477. The van der Waals surface area contributed by atoms with Gasteiger partial charge in [0, 0.05) is 18.8 Å². The second kappa shape index (κ2) is 7.32. The minimum atomic E-state index is 0.0477. The van der Waals surface area contributed by atoms with Gasteiger partial charge in [-0.2, -0.15) is 0 Å². The quantitative estimate of drug-likeness (QED) is 0.859. The molecule has 1 amide bonds. The number of aryl methyl sites for hydroxylation is 1. The van der Waals surface area contributed by atoms with Crippen LogP contribution in [0.4, 0.5) is 5.69 Å². The molecule has 110 valence electrons. The van der Waals surface area contributed by atoms with Crippen molar-refractivity contribution in [2.45, 2.75) is 46.0 Å². The zero-order chi connectivity index (χ0) is 14.4. The number of carbonyl (C=O) groups is 1. The average Bonchev–Trinajstić information content (AvgIpc) is 2.46. The van der Waals surface area contributed by atoms with E-state index < -0.39 is 0 Å². The van der Waals surface area contributed by atoms with Gasteiger partial charge in [-0.25, -0.2) is 0 Å². The molecule has 0 saturated heterocycles. The molecule has 20 heavy (non-hydrogen) atoms. The lowest BCUT2D eigenvalue weighted by Gasteiger charge is -2.22. The van der Waals surface area contributed by atoms with Crippen molar-refractivity contribution in [1.29, 1.82) is 0 Å². The molecular weight excluding hydrogens is 248 g/mol. The lowest BCUT2D eigenvalue weighted by Crippen LogP contribution is -2.30. The van der Waals surface area contributed by atoms with Crippen LogP contribution in [0.25, 0.3) is 0 Å². The predicted octanol–water partition coefficient (Wildman–Crippen LogP) is 3.74. The van der Waals surface area contributed by atoms with Gasteiger partial charge in [-0.15, -0.1) is 0 Å². The summed E-state index contributed by atoms with van der Waals surface area (Å²) in [4.78, 5) is 12.3. The van der Waals surface area contributed by atoms with E-state index in [2.05, 4.69) is 10.6 Å². The third-order valence-electron chi connectivity index (χ3n) is 4.06. The van der Waals surface area contributed by atoms with E-state index in [4.69, 9.17) is 0 Å². The summed E-state index contributed by atoms with van der Waals surface area (Å²) < 4.78 is 0. The van der Waals surface area contributed by atoms with Crippen LogP contribution in [0.3, 0.4) is 0 Å². The van der Waals surface area contributed by atoms with Crippen molar-refractivity contribution in [2.24, 2.45) is 5.92 Å². The number of rotatable bonds is 5. The molecule has 0 radical (unpaired) electrons. The number of carbonyl (C=O) groups excluding carboxylic acids is 1. The van der Waals surface area contributed by atoms with E-state index in [0.29, 0.717) is 5.92 Å². The van der Waals surface area contributed by atoms with Crippen LogP contribution in [0.1, 0.15) is 54.9 Å². The van der Waals surface area contributed by atoms with Crippen LogP contribution < -0.4 is 10.6 Å². The van der Waals surface area contributed by atoms with E-state index in [1.165, 1.54) is 37.7 Å². The summed E-state index contributed by atoms with van der Waals surface area (Å²) in [6.45, 7) is 5.74. The molecule has 1 aliphatic rings. The van der Waals surface area contributed by atoms with Crippen LogP contribution in [0.5, 0.6) is 0 Å². The Hall–Kier alpha value is -1.51. The molecule has 0 aromatic heterocycles. The van der Waals surface area contributed by atoms with E-state index in [-0.39, 0.29) is 5.91 Å². The zero-order valence-corrected chi connectivity index (χ0v) is 12.7. The maximum absolute atomic E-state index is 12.3. The van der Waals surface area contributed by atoms with Gasteiger partial charge >= 0.3 is 0 Å². The highest BCUT2D eigenvalue weighted by Crippen LogP contribution is 2.23. The molecule has 3 heteroatoms. The Labute approximate surface area is 122 Å². The topological polar surface area (TPSA) is 41.1 Å². The van der Waals surface area contributed by atoms with Crippen LogP contribution in [0.15, 0.2) is 18.2 Å². The Balaban J connectivity index is 1.97. The number of anilines is 1. The van der Waals surface area contributed by atoms with Crippen molar-refractivity contribution in [1.82, 2.24) is 5.32 Å². The van der Waals surface area contributed by atoms with Crippen LogP contribution in [0.2, 0.25) is 0 Å². The third-order valence-corrected chi connectivity index (χ3v) is 4.06. The summed E-state index contributed by atoms with van der Waals surface area (Å²) >= 11 is 0. The molecule has 1 aliphatic carbocycles. The summed E-state index contributed by atoms with van der Waals surface area (Å²) in [5, 5.41) is 6.38. The molecule has 1 aromatic carbocycles. The standard InChI is InChI=1S/C17H26N2O/c1-3-18-16-11-13(2)9-10-15(16)17(20)19-12-14-7-5-4-6-8-14/h9-11,14,18H,3-8,12H2,1-2H3,(H,19,20). The second-order valence-corrected chi connectivity index (χ2v) is 5.79. The summed E-state index contributed by atoms with van der Waals surface area (Å²) in [6.07, 6.45) is 6.50. The molecule has 2 N–H and O–H groups in total. The van der Waals surface area contributed by atoms with Crippen LogP contribution in [-0.4, -0.2) is 19.0 Å². The molecule has 1 aromatic rings. The maximum atomic E-state index is 12.3. The number of amides is 1. The number of benzene rings is 1. The van der Waals surface area contributed by atoms with Crippen molar-refractivity contribution in [3.8, 4) is 0 Å². The Morgan fingerprint density at radius 1 is 1.25 bits per heavy atom. The van der Waals surface area contributed by atoms with Crippen molar-refractivity contribution in [3.63, 3.8) is 0 Å². The van der Waals surface area contributed by atoms with E-state index in [0.717, 1.165) is 24.3 Å². The molecule has 0 atom stereocenters. The first kappa shape index (κ1) is 14.9. The van der Waals surface area contributed by atoms with Gasteiger partial charge < -0.3 is 10.6 Å². The van der Waals surface area contributed by atoms with Crippen molar-refractivity contribution < 1.29 is 4.79 Å². The van der Waals surface area contributed by atoms with Crippen molar-refractivity contribution >= 4 is 11.6 Å². The van der Waals surface area contributed by atoms with Crippen LogP contribution in [-0.2, 0) is 0 Å². The summed E-state index contributed by atoms with van der Waals surface area (Å²) in [5.41, 5.74) is 2.87. The maximum Gasteiger partial charge on any atom is 0.253 e. The molecule has 1 fully saturated rings. The van der Waals surface area contributed by atoms with Gasteiger partial charge in [0.1, 0.15) is 0 Å². The fourth-order valence-electron chi connectivity index (χ4n) is 2.92. The third kappa shape index (κ3) is 3.99. The summed E-state index contributed by atoms with van der Waals surface area (Å²) in [5.74, 6) is 0.715. The summed E-state index contributed by atoms with van der Waals surface area (Å²) in [6, 6.07) is 5.96. The fraction of sp³-hybridized carbons (Fsp3) is 0.588. The Morgan fingerprint density at radius 2 is 2.00 bits per heavy atom. The van der Waals surface area contributed by atoms with Crippen molar-refractivity contribution in [2.75, 3.05) is 18.4 Å². The van der Waals surface area contributed by atoms with E-state index >= 15 is 0 Å². The number of hydrogen-bond donors (Lipinski definition) is 2. The molecule has 0 aliphatic heterocycles. The Bertz CT molecular complexity index is 450. The van der Waals surface area contributed by atoms with Crippen molar-refractivity contribution in [3.05, 3.63) is 29.3 Å². The Kier molecular flexibility index (Phi) is 5.45. The Morgan fingerprint density at radius 3 is 2.70 bits per heavy atom. The number of nitrogens with one attached hydrogen (secondary N) is 2. The molecular formula is C17H26N2O. The molecule has 1 saturated carbocycles. The minimum Gasteiger partial charge on any atom is -0.385 e. The van der Waals surface area contributed by atoms with Gasteiger partial charge in [0.25, 0.3) is 5.91 Å². The molecule has 0 bridgehead atoms. The zero-order valence-electron chi connectivity index (χ0n) is 12.7. The van der Waals surface area contributed by atoms with E-state index in [9.17, 15) is 4.79 Å². The largest absolute Gasteiger partial charge is 0.385 e. The van der Waals surface area contributed by atoms with Gasteiger partial charge in [0.15, 0.2) is 0 Å². The first-order valence-electron chi connectivity index (χ1n) is 7.83. The van der Waals surface area contributed by atoms with Gasteiger partial charge in [0.05, 0.1) is 5.56 Å². The van der Waals surface area contributed by atoms with Crippen LogP contribution in [0, 0.1) is 12.8 Å². The highest BCUT2D eigenvalue weighted by molar-refractivity contribution is 5.99. The molecule has 0 heterocycles. The first-order valence-corrected chi connectivity index (χ1v) is 7.83. The lowest BCUT2D eigenvalue weighted by atomic mass is 9.89. The second-order valence-electron chi connectivity index (χ2n) is 5.79. The average molecular weight is 274 g/mol. The fourth-order valence-corrected chi connectivity index (χ4v) is 2.92. The lowest BCUT2D eigenvalue weighted by molar-refractivity contribution is 0.0944. The van der Waals surface area contributed by atoms with Crippen LogP contribution >= 0.6 is 0 Å². The molecule has 2 rings (SSSR count). The number of hydrogen-bond acceptors (Lipinski definition) is 2. The smallest absolute Gasteiger partial charge is 0.253 e. The monoisotopic (exact) mass is 274 g/mol. The molecule has 0 spiro atoms. The normalized spacial score (nSPS) is 15.9.